The average molecular weight is 317 g/mol. The number of aliphatic hydroxyl groups is 1. The first-order chi connectivity index (χ1) is 10.9. The molecule has 3 saturated carbocycles. The molecule has 1 heterocycles. The number of carbonyl (C=O) groups is 1. The van der Waals surface area contributed by atoms with Crippen LogP contribution in [-0.2, 0) is 4.79 Å². The number of aliphatic hydroxyl groups excluding tert-OH is 1. The molecular formula is C20H31NO2. The Morgan fingerprint density at radius 1 is 1.17 bits per heavy atom. The Hall–Kier alpha value is -0.830. The fourth-order valence-corrected chi connectivity index (χ4v) is 7.15. The molecular weight excluding hydrogens is 286 g/mol. The molecule has 4 aliphatic rings. The Labute approximate surface area is 140 Å². The van der Waals surface area contributed by atoms with Gasteiger partial charge in [-0.1, -0.05) is 19.9 Å². The maximum atomic E-state index is 12.1. The van der Waals surface area contributed by atoms with Gasteiger partial charge in [0, 0.05) is 25.1 Å². The largest absolute Gasteiger partial charge is 0.396 e. The number of amides is 1. The first-order valence-electron chi connectivity index (χ1n) is 9.48. The fourth-order valence-electron chi connectivity index (χ4n) is 7.15. The smallest absolute Gasteiger partial charge is 0.246 e. The quantitative estimate of drug-likeness (QED) is 0.806. The van der Waals surface area contributed by atoms with E-state index in [0.717, 1.165) is 18.3 Å². The van der Waals surface area contributed by atoms with Gasteiger partial charge in [-0.05, 0) is 73.7 Å². The van der Waals surface area contributed by atoms with Crippen LogP contribution in [0.5, 0.6) is 0 Å². The van der Waals surface area contributed by atoms with Gasteiger partial charge < -0.3 is 10.0 Å². The first-order valence-corrected chi connectivity index (χ1v) is 9.48. The minimum atomic E-state index is 0.143. The Balaban J connectivity index is 1.67. The molecule has 0 aromatic heterocycles. The standard InChI is InChI=1S/C20H31NO2/c1-19-10-8-16-14(15(19)6-4-13(19)12-22)5-7-17-20(16,2)11-9-18(23)21(17)3/h9,11,13-17,22H,4-8,10,12H2,1-3H3/t13-,14+,15+,16+,17-,19-,20-/m1/s1. The van der Waals surface area contributed by atoms with Crippen molar-refractivity contribution in [3.63, 3.8) is 0 Å². The van der Waals surface area contributed by atoms with Gasteiger partial charge in [-0.3, -0.25) is 4.79 Å². The normalized spacial score (nSPS) is 52.1. The van der Waals surface area contributed by atoms with Gasteiger partial charge >= 0.3 is 0 Å². The molecule has 0 saturated heterocycles. The summed E-state index contributed by atoms with van der Waals surface area (Å²) in [5.74, 6) is 2.92. The zero-order valence-electron chi connectivity index (χ0n) is 14.8. The molecule has 3 fully saturated rings. The van der Waals surface area contributed by atoms with Crippen LogP contribution in [0.3, 0.4) is 0 Å². The van der Waals surface area contributed by atoms with Crippen molar-refractivity contribution in [2.24, 2.45) is 34.5 Å². The topological polar surface area (TPSA) is 40.5 Å². The van der Waals surface area contributed by atoms with Gasteiger partial charge in [0.2, 0.25) is 5.91 Å². The zero-order valence-corrected chi connectivity index (χ0v) is 14.8. The highest BCUT2D eigenvalue weighted by Crippen LogP contribution is 2.65. The van der Waals surface area contributed by atoms with Crippen molar-refractivity contribution >= 4 is 5.91 Å². The number of rotatable bonds is 1. The summed E-state index contributed by atoms with van der Waals surface area (Å²) in [6.45, 7) is 5.21. The fraction of sp³-hybridized carbons (Fsp3) is 0.850. The second-order valence-electron chi connectivity index (χ2n) is 9.12. The van der Waals surface area contributed by atoms with Crippen LogP contribution in [0, 0.1) is 34.5 Å². The second kappa shape index (κ2) is 5.08. The van der Waals surface area contributed by atoms with Gasteiger partial charge in [-0.15, -0.1) is 0 Å². The van der Waals surface area contributed by atoms with E-state index in [1.165, 1.54) is 32.1 Å². The van der Waals surface area contributed by atoms with E-state index in [0.29, 0.717) is 29.9 Å². The molecule has 1 N–H and O–H groups in total. The third-order valence-corrected chi connectivity index (χ3v) is 8.54. The molecule has 4 rings (SSSR count). The van der Waals surface area contributed by atoms with E-state index in [9.17, 15) is 9.90 Å². The molecule has 7 atom stereocenters. The van der Waals surface area contributed by atoms with E-state index >= 15 is 0 Å². The van der Waals surface area contributed by atoms with E-state index in [1.54, 1.807) is 0 Å². The molecule has 1 aliphatic heterocycles. The summed E-state index contributed by atoms with van der Waals surface area (Å²) in [5, 5.41) is 9.81. The van der Waals surface area contributed by atoms with Gasteiger partial charge in [0.05, 0.1) is 0 Å². The summed E-state index contributed by atoms with van der Waals surface area (Å²) in [7, 11) is 1.99. The van der Waals surface area contributed by atoms with Crippen LogP contribution in [0.4, 0.5) is 0 Å². The van der Waals surface area contributed by atoms with Crippen molar-refractivity contribution in [2.45, 2.75) is 58.4 Å². The second-order valence-corrected chi connectivity index (χ2v) is 9.12. The molecule has 128 valence electrons. The lowest BCUT2D eigenvalue weighted by atomic mass is 9.48. The van der Waals surface area contributed by atoms with Gasteiger partial charge in [0.25, 0.3) is 0 Å². The average Bonchev–Trinajstić information content (AvgIpc) is 2.88. The molecule has 3 aliphatic carbocycles. The SMILES string of the molecule is CN1C(=O)C=C[C@]2(C)[C@H]3CC[C@]4(C)[C@@H](CO)CC[C@H]4[C@@H]3CC[C@@H]12. The molecule has 1 amide bonds. The number of nitrogens with zero attached hydrogens (tertiary/aromatic N) is 1. The van der Waals surface area contributed by atoms with Crippen LogP contribution < -0.4 is 0 Å². The van der Waals surface area contributed by atoms with Crippen molar-refractivity contribution < 1.29 is 9.90 Å². The summed E-state index contributed by atoms with van der Waals surface area (Å²) in [6, 6.07) is 0.376. The molecule has 3 heteroatoms. The Morgan fingerprint density at radius 2 is 1.96 bits per heavy atom. The van der Waals surface area contributed by atoms with Crippen LogP contribution in [0.25, 0.3) is 0 Å². The lowest BCUT2D eigenvalue weighted by Gasteiger charge is -2.60. The first kappa shape index (κ1) is 15.7. The van der Waals surface area contributed by atoms with Crippen molar-refractivity contribution in [1.82, 2.24) is 4.90 Å². The Kier molecular flexibility index (Phi) is 3.46. The molecule has 0 aromatic carbocycles. The summed E-state index contributed by atoms with van der Waals surface area (Å²) < 4.78 is 0. The third kappa shape index (κ3) is 1.95. The number of carbonyl (C=O) groups excluding carboxylic acids is 1. The third-order valence-electron chi connectivity index (χ3n) is 8.54. The van der Waals surface area contributed by atoms with E-state index in [2.05, 4.69) is 19.9 Å². The van der Waals surface area contributed by atoms with Crippen molar-refractivity contribution in [1.29, 1.82) is 0 Å². The van der Waals surface area contributed by atoms with Crippen LogP contribution in [0.1, 0.15) is 52.4 Å². The Bertz CT molecular complexity index is 544. The highest BCUT2D eigenvalue weighted by Gasteiger charge is 2.60. The molecule has 0 spiro atoms. The molecule has 0 bridgehead atoms. The number of fused-ring (bicyclic) bond motifs is 5. The number of likely N-dealkylation sites (N-methyl/N-ethyl adjacent to an activating group) is 1. The highest BCUT2D eigenvalue weighted by molar-refractivity contribution is 5.89. The lowest BCUT2D eigenvalue weighted by molar-refractivity contribution is -0.139. The molecule has 0 radical (unpaired) electrons. The van der Waals surface area contributed by atoms with E-state index in [1.807, 2.05) is 18.0 Å². The molecule has 0 aromatic rings. The van der Waals surface area contributed by atoms with Crippen LogP contribution in [-0.4, -0.2) is 35.6 Å². The maximum absolute atomic E-state index is 12.1. The minimum absolute atomic E-state index is 0.143. The predicted molar refractivity (Wildman–Crippen MR) is 90.7 cm³/mol. The summed E-state index contributed by atoms with van der Waals surface area (Å²) in [6.07, 6.45) is 11.5. The van der Waals surface area contributed by atoms with Gasteiger partial charge in [-0.25, -0.2) is 0 Å². The molecule has 23 heavy (non-hydrogen) atoms. The summed E-state index contributed by atoms with van der Waals surface area (Å²) >= 11 is 0. The van der Waals surface area contributed by atoms with Gasteiger partial charge in [0.15, 0.2) is 0 Å². The van der Waals surface area contributed by atoms with Gasteiger partial charge in [-0.2, -0.15) is 0 Å². The summed E-state index contributed by atoms with van der Waals surface area (Å²) in [4.78, 5) is 14.1. The highest BCUT2D eigenvalue weighted by atomic mass is 16.3. The monoisotopic (exact) mass is 317 g/mol. The van der Waals surface area contributed by atoms with Crippen LogP contribution in [0.15, 0.2) is 12.2 Å². The maximum Gasteiger partial charge on any atom is 0.246 e. The van der Waals surface area contributed by atoms with E-state index < -0.39 is 0 Å². The van der Waals surface area contributed by atoms with Crippen LogP contribution >= 0.6 is 0 Å². The van der Waals surface area contributed by atoms with Crippen molar-refractivity contribution in [3.8, 4) is 0 Å². The van der Waals surface area contributed by atoms with Gasteiger partial charge in [0.1, 0.15) is 0 Å². The van der Waals surface area contributed by atoms with E-state index in [-0.39, 0.29) is 11.3 Å². The van der Waals surface area contributed by atoms with Crippen LogP contribution in [0.2, 0.25) is 0 Å². The number of hydrogen-bond acceptors (Lipinski definition) is 2. The zero-order chi connectivity index (χ0) is 16.4. The predicted octanol–water partition coefficient (Wildman–Crippen LogP) is 3.23. The number of hydrogen-bond donors (Lipinski definition) is 1. The molecule has 3 nitrogen and oxygen atoms in total. The Morgan fingerprint density at radius 3 is 2.70 bits per heavy atom. The molecule has 0 unspecified atom stereocenters. The lowest BCUT2D eigenvalue weighted by Crippen LogP contribution is -2.59. The minimum Gasteiger partial charge on any atom is -0.396 e. The van der Waals surface area contributed by atoms with Crippen molar-refractivity contribution in [2.75, 3.05) is 13.7 Å². The van der Waals surface area contributed by atoms with Crippen molar-refractivity contribution in [3.05, 3.63) is 12.2 Å². The summed E-state index contributed by atoms with van der Waals surface area (Å²) in [5.41, 5.74) is 0.490. The van der Waals surface area contributed by atoms with E-state index in [4.69, 9.17) is 0 Å².